The standard InChI is InChI=1S/C16H17N3/c1-12-8-6-7-11-15(12)19-16(18-13(2)17)14-9-4-3-5-10-14/h3-11H,1-2H3,(H2,17,18,19)/p+1. The quantitative estimate of drug-likeness (QED) is 0.618. The molecule has 0 atom stereocenters. The van der Waals surface area contributed by atoms with Crippen LogP contribution in [-0.2, 0) is 0 Å². The third-order valence-corrected chi connectivity index (χ3v) is 2.71. The van der Waals surface area contributed by atoms with Gasteiger partial charge in [-0.1, -0.05) is 36.4 Å². The van der Waals surface area contributed by atoms with E-state index in [2.05, 4.69) is 9.98 Å². The largest absolute Gasteiger partial charge is 0.323 e. The Balaban J connectivity index is 2.51. The summed E-state index contributed by atoms with van der Waals surface area (Å²) in [6.07, 6.45) is 0. The molecule has 0 aliphatic rings. The van der Waals surface area contributed by atoms with Gasteiger partial charge in [0.2, 0.25) is 0 Å². The fourth-order valence-corrected chi connectivity index (χ4v) is 1.76. The van der Waals surface area contributed by atoms with Crippen LogP contribution >= 0.6 is 0 Å². The van der Waals surface area contributed by atoms with E-state index in [0.29, 0.717) is 5.84 Å². The molecule has 96 valence electrons. The number of nitrogens with two attached hydrogens (primary N) is 1. The molecule has 0 fully saturated rings. The lowest BCUT2D eigenvalue weighted by Gasteiger charge is -1.99. The summed E-state index contributed by atoms with van der Waals surface area (Å²) in [5.74, 6) is 1.38. The van der Waals surface area contributed by atoms with E-state index < -0.39 is 0 Å². The van der Waals surface area contributed by atoms with Crippen molar-refractivity contribution in [1.82, 2.24) is 0 Å². The minimum absolute atomic E-state index is 0.621. The highest BCUT2D eigenvalue weighted by Gasteiger charge is 2.08. The van der Waals surface area contributed by atoms with Crippen LogP contribution in [0.2, 0.25) is 0 Å². The van der Waals surface area contributed by atoms with E-state index in [-0.39, 0.29) is 0 Å². The first-order valence-electron chi connectivity index (χ1n) is 6.22. The van der Waals surface area contributed by atoms with Crippen LogP contribution < -0.4 is 10.7 Å². The van der Waals surface area contributed by atoms with Gasteiger partial charge in [-0.05, 0) is 30.7 Å². The molecule has 0 heterocycles. The van der Waals surface area contributed by atoms with Gasteiger partial charge >= 0.3 is 0 Å². The molecule has 19 heavy (non-hydrogen) atoms. The van der Waals surface area contributed by atoms with Gasteiger partial charge in [-0.2, -0.15) is 0 Å². The molecule has 0 aliphatic heterocycles. The first kappa shape index (κ1) is 13.0. The Morgan fingerprint density at radius 1 is 1.00 bits per heavy atom. The Hall–Kier alpha value is -2.42. The predicted octanol–water partition coefficient (Wildman–Crippen LogP) is 1.53. The van der Waals surface area contributed by atoms with Gasteiger partial charge in [-0.3, -0.25) is 0 Å². The maximum Gasteiger partial charge on any atom is 0.268 e. The molecule has 2 rings (SSSR count). The van der Waals surface area contributed by atoms with Crippen molar-refractivity contribution < 1.29 is 4.99 Å². The fraction of sp³-hybridized carbons (Fsp3) is 0.125. The molecule has 0 radical (unpaired) electrons. The Morgan fingerprint density at radius 3 is 2.26 bits per heavy atom. The first-order chi connectivity index (χ1) is 9.16. The summed E-state index contributed by atoms with van der Waals surface area (Å²) >= 11 is 0. The topological polar surface area (TPSA) is 52.4 Å². The molecule has 2 aromatic rings. The zero-order valence-corrected chi connectivity index (χ0v) is 11.2. The Labute approximate surface area is 113 Å². The van der Waals surface area contributed by atoms with E-state index in [9.17, 15) is 0 Å². The van der Waals surface area contributed by atoms with Crippen molar-refractivity contribution >= 4 is 17.4 Å². The van der Waals surface area contributed by atoms with Gasteiger partial charge < -0.3 is 5.73 Å². The number of hydrogen-bond acceptors (Lipinski definition) is 1. The van der Waals surface area contributed by atoms with Gasteiger partial charge in [0.1, 0.15) is 5.69 Å². The maximum absolute atomic E-state index is 5.75. The van der Waals surface area contributed by atoms with E-state index in [1.165, 1.54) is 0 Å². The van der Waals surface area contributed by atoms with Gasteiger partial charge in [0, 0.05) is 6.92 Å². The van der Waals surface area contributed by atoms with Crippen molar-refractivity contribution in [3.8, 4) is 0 Å². The molecule has 0 bridgehead atoms. The molecule has 0 aromatic heterocycles. The van der Waals surface area contributed by atoms with Crippen LogP contribution in [0.1, 0.15) is 18.1 Å². The fourth-order valence-electron chi connectivity index (χ4n) is 1.76. The van der Waals surface area contributed by atoms with E-state index in [1.54, 1.807) is 0 Å². The summed E-state index contributed by atoms with van der Waals surface area (Å²) < 4.78 is 0. The Kier molecular flexibility index (Phi) is 4.08. The van der Waals surface area contributed by atoms with Crippen molar-refractivity contribution in [1.29, 1.82) is 0 Å². The smallest absolute Gasteiger partial charge is 0.268 e. The summed E-state index contributed by atoms with van der Waals surface area (Å²) in [6, 6.07) is 18.0. The normalized spacial score (nSPS) is 12.5. The summed E-state index contributed by atoms with van der Waals surface area (Å²) in [6.45, 7) is 3.86. The molecule has 3 nitrogen and oxygen atoms in total. The van der Waals surface area contributed by atoms with Gasteiger partial charge in [-0.15, -0.1) is 4.99 Å². The second-order valence-electron chi connectivity index (χ2n) is 4.42. The van der Waals surface area contributed by atoms with Crippen LogP contribution in [0.5, 0.6) is 0 Å². The monoisotopic (exact) mass is 252 g/mol. The first-order valence-corrected chi connectivity index (χ1v) is 6.22. The predicted molar refractivity (Wildman–Crippen MR) is 79.6 cm³/mol. The second-order valence-corrected chi connectivity index (χ2v) is 4.42. The summed E-state index contributed by atoms with van der Waals surface area (Å²) in [5, 5.41) is 0. The lowest BCUT2D eigenvalue weighted by Crippen LogP contribution is -2.79. The molecule has 0 aliphatic carbocycles. The third-order valence-electron chi connectivity index (χ3n) is 2.71. The van der Waals surface area contributed by atoms with Gasteiger partial charge in [0.25, 0.3) is 5.84 Å². The molecule has 0 unspecified atom stereocenters. The zero-order chi connectivity index (χ0) is 13.7. The van der Waals surface area contributed by atoms with Crippen molar-refractivity contribution in [2.24, 2.45) is 10.7 Å². The van der Waals surface area contributed by atoms with Crippen LogP contribution in [0.4, 0.5) is 5.69 Å². The highest BCUT2D eigenvalue weighted by molar-refractivity contribution is 5.95. The lowest BCUT2D eigenvalue weighted by molar-refractivity contribution is -0.316. The SMILES string of the molecule is CC(N)=[NH+]C(=Nc1ccccc1C)c1ccccc1. The average Bonchev–Trinajstić information content (AvgIpc) is 2.41. The number of amidine groups is 2. The van der Waals surface area contributed by atoms with E-state index in [1.807, 2.05) is 68.4 Å². The number of aryl methyl sites for hydroxylation is 1. The Bertz CT molecular complexity index is 609. The summed E-state index contributed by atoms with van der Waals surface area (Å²) in [7, 11) is 0. The number of rotatable bonds is 2. The van der Waals surface area contributed by atoms with Crippen molar-refractivity contribution in [3.63, 3.8) is 0 Å². The number of aliphatic imine (C=N–C) groups is 1. The van der Waals surface area contributed by atoms with Gasteiger partial charge in [0.15, 0.2) is 5.84 Å². The van der Waals surface area contributed by atoms with E-state index >= 15 is 0 Å². The molecule has 0 spiro atoms. The van der Waals surface area contributed by atoms with Crippen molar-refractivity contribution in [2.45, 2.75) is 13.8 Å². The third kappa shape index (κ3) is 3.52. The number of para-hydroxylation sites is 1. The molecular weight excluding hydrogens is 234 g/mol. The number of nitrogens with one attached hydrogen (secondary N) is 1. The van der Waals surface area contributed by atoms with Crippen LogP contribution in [0.25, 0.3) is 0 Å². The molecular formula is C16H18N3+. The molecule has 0 saturated carbocycles. The zero-order valence-electron chi connectivity index (χ0n) is 11.2. The van der Waals surface area contributed by atoms with Crippen LogP contribution in [0, 0.1) is 6.92 Å². The maximum atomic E-state index is 5.75. The van der Waals surface area contributed by atoms with E-state index in [0.717, 1.165) is 22.6 Å². The van der Waals surface area contributed by atoms with Gasteiger partial charge in [0.05, 0.1) is 5.56 Å². The number of nitrogens with zero attached hydrogens (tertiary/aromatic N) is 1. The number of benzene rings is 2. The van der Waals surface area contributed by atoms with Gasteiger partial charge in [-0.25, -0.2) is 4.99 Å². The summed E-state index contributed by atoms with van der Waals surface area (Å²) in [4.78, 5) is 7.79. The Morgan fingerprint density at radius 2 is 1.63 bits per heavy atom. The van der Waals surface area contributed by atoms with Crippen molar-refractivity contribution in [2.75, 3.05) is 0 Å². The highest BCUT2D eigenvalue weighted by atomic mass is 15.0. The molecule has 0 amide bonds. The van der Waals surface area contributed by atoms with Crippen molar-refractivity contribution in [3.05, 3.63) is 65.7 Å². The summed E-state index contributed by atoms with van der Waals surface area (Å²) in [5.41, 5.74) is 8.83. The van der Waals surface area contributed by atoms with Crippen LogP contribution in [-0.4, -0.2) is 11.7 Å². The lowest BCUT2D eigenvalue weighted by atomic mass is 10.2. The highest BCUT2D eigenvalue weighted by Crippen LogP contribution is 2.17. The molecule has 0 saturated heterocycles. The minimum Gasteiger partial charge on any atom is -0.323 e. The molecule has 2 aromatic carbocycles. The molecule has 3 N–H and O–H groups in total. The number of hydrogen-bond donors (Lipinski definition) is 2. The van der Waals surface area contributed by atoms with Crippen LogP contribution in [0.15, 0.2) is 59.6 Å². The van der Waals surface area contributed by atoms with E-state index in [4.69, 9.17) is 5.73 Å². The second kappa shape index (κ2) is 5.96. The average molecular weight is 252 g/mol. The minimum atomic E-state index is 0.621. The molecule has 3 heteroatoms. The van der Waals surface area contributed by atoms with Crippen LogP contribution in [0.3, 0.4) is 0 Å².